The summed E-state index contributed by atoms with van der Waals surface area (Å²) in [4.78, 5) is 31.3. The molecule has 0 saturated heterocycles. The zero-order chi connectivity index (χ0) is 28.1. The van der Waals surface area contributed by atoms with E-state index in [1.807, 2.05) is 6.07 Å². The van der Waals surface area contributed by atoms with Crippen LogP contribution in [0.25, 0.3) is 11.1 Å². The molecule has 1 aliphatic rings. The number of nitrogens with zero attached hydrogens (tertiary/aromatic N) is 4. The molecule has 0 atom stereocenters. The topological polar surface area (TPSA) is 113 Å². The summed E-state index contributed by atoms with van der Waals surface area (Å²) in [5.74, 6) is -1.77. The summed E-state index contributed by atoms with van der Waals surface area (Å²) in [6, 6.07) is 9.70. The van der Waals surface area contributed by atoms with Gasteiger partial charge in [-0.2, -0.15) is 5.26 Å². The lowest BCUT2D eigenvalue weighted by atomic mass is 10.0. The first kappa shape index (κ1) is 27.8. The van der Waals surface area contributed by atoms with Crippen molar-refractivity contribution in [2.75, 3.05) is 47.8 Å². The monoisotopic (exact) mass is 553 g/mol. The molecule has 0 saturated carbocycles. The van der Waals surface area contributed by atoms with E-state index in [1.165, 1.54) is 24.1 Å². The molecule has 2 aromatic carbocycles. The van der Waals surface area contributed by atoms with Gasteiger partial charge in [-0.1, -0.05) is 17.7 Å². The normalized spacial score (nSPS) is 12.4. The molecular formula is C27H26ClF2N7O2. The van der Waals surface area contributed by atoms with Crippen LogP contribution in [0.4, 0.5) is 36.5 Å². The first-order valence-electron chi connectivity index (χ1n) is 12.2. The molecule has 3 amide bonds. The Morgan fingerprint density at radius 3 is 2.46 bits per heavy atom. The van der Waals surface area contributed by atoms with Gasteiger partial charge in [-0.05, 0) is 37.3 Å². The Hall–Kier alpha value is -4.27. The smallest absolute Gasteiger partial charge is 0.334 e. The third-order valence-electron chi connectivity index (χ3n) is 6.03. The van der Waals surface area contributed by atoms with Crippen LogP contribution in [0, 0.1) is 23.0 Å². The number of aromatic nitrogens is 1. The van der Waals surface area contributed by atoms with E-state index in [4.69, 9.17) is 11.6 Å². The van der Waals surface area contributed by atoms with Crippen molar-refractivity contribution in [3.8, 4) is 17.2 Å². The van der Waals surface area contributed by atoms with Crippen molar-refractivity contribution < 1.29 is 18.4 Å². The van der Waals surface area contributed by atoms with Crippen LogP contribution in [-0.4, -0.2) is 49.6 Å². The number of hydrogen-bond donors (Lipinski definition) is 3. The van der Waals surface area contributed by atoms with Gasteiger partial charge in [-0.15, -0.1) is 0 Å². The van der Waals surface area contributed by atoms with Crippen LogP contribution in [0.2, 0.25) is 5.02 Å². The third-order valence-corrected chi connectivity index (χ3v) is 6.24. The fourth-order valence-corrected chi connectivity index (χ4v) is 4.46. The molecule has 2 heterocycles. The summed E-state index contributed by atoms with van der Waals surface area (Å²) in [6.45, 7) is 5.16. The van der Waals surface area contributed by atoms with Gasteiger partial charge in [0.05, 0.1) is 22.3 Å². The molecule has 0 bridgehead atoms. The van der Waals surface area contributed by atoms with Gasteiger partial charge >= 0.3 is 6.03 Å². The average Bonchev–Trinajstić information content (AvgIpc) is 2.99. The van der Waals surface area contributed by atoms with Crippen LogP contribution in [-0.2, 0) is 4.79 Å². The van der Waals surface area contributed by atoms with E-state index >= 15 is 8.78 Å². The van der Waals surface area contributed by atoms with Crippen LogP contribution in [0.15, 0.2) is 42.6 Å². The largest absolute Gasteiger partial charge is 0.384 e. The van der Waals surface area contributed by atoms with Crippen molar-refractivity contribution >= 4 is 46.4 Å². The van der Waals surface area contributed by atoms with E-state index in [-0.39, 0.29) is 35.2 Å². The Morgan fingerprint density at radius 2 is 1.79 bits per heavy atom. The fourth-order valence-electron chi connectivity index (χ4n) is 4.30. The summed E-state index contributed by atoms with van der Waals surface area (Å²) >= 11 is 6.21. The quantitative estimate of drug-likeness (QED) is 0.328. The van der Waals surface area contributed by atoms with Gasteiger partial charge in [0.15, 0.2) is 11.6 Å². The van der Waals surface area contributed by atoms with Crippen molar-refractivity contribution in [3.63, 3.8) is 0 Å². The highest BCUT2D eigenvalue weighted by molar-refractivity contribution is 6.31. The van der Waals surface area contributed by atoms with E-state index in [2.05, 4.69) is 20.9 Å². The molecule has 3 N–H and O–H groups in total. The van der Waals surface area contributed by atoms with Gasteiger partial charge < -0.3 is 16.0 Å². The maximum Gasteiger partial charge on any atom is 0.334 e. The Kier molecular flexibility index (Phi) is 8.59. The SMILES string of the molecule is CCN1C(=O)N(c2c(F)cc(NCCNCCNC(C)=O)cc2F)c2cc(C#N)ccc2-c2cc(Cl)cnc21. The molecule has 4 rings (SSSR count). The van der Waals surface area contributed by atoms with E-state index in [1.54, 1.807) is 25.1 Å². The second-order valence-electron chi connectivity index (χ2n) is 8.68. The van der Waals surface area contributed by atoms with Gasteiger partial charge in [-0.25, -0.2) is 18.6 Å². The lowest BCUT2D eigenvalue weighted by Crippen LogP contribution is -2.41. The van der Waals surface area contributed by atoms with Crippen molar-refractivity contribution in [2.45, 2.75) is 13.8 Å². The Morgan fingerprint density at radius 1 is 1.08 bits per heavy atom. The number of fused-ring (bicyclic) bond motifs is 3. The highest BCUT2D eigenvalue weighted by atomic mass is 35.5. The third kappa shape index (κ3) is 5.92. The molecular weight excluding hydrogens is 528 g/mol. The minimum atomic E-state index is -0.967. The maximum absolute atomic E-state index is 15.6. The molecule has 0 aliphatic carbocycles. The number of benzene rings is 2. The van der Waals surface area contributed by atoms with E-state index in [0.29, 0.717) is 42.3 Å². The summed E-state index contributed by atoms with van der Waals surface area (Å²) in [5, 5.41) is 18.5. The number of anilines is 4. The minimum absolute atomic E-state index is 0.124. The Labute approximate surface area is 229 Å². The Balaban J connectivity index is 1.69. The van der Waals surface area contributed by atoms with Crippen LogP contribution in [0.1, 0.15) is 19.4 Å². The predicted molar refractivity (Wildman–Crippen MR) is 146 cm³/mol. The number of carbonyl (C=O) groups is 2. The number of carbonyl (C=O) groups excluding carboxylic acids is 2. The number of hydrogen-bond acceptors (Lipinski definition) is 6. The van der Waals surface area contributed by atoms with Gasteiger partial charge in [0.2, 0.25) is 5.91 Å². The molecule has 202 valence electrons. The molecule has 1 aliphatic heterocycles. The number of nitriles is 1. The van der Waals surface area contributed by atoms with Crippen molar-refractivity contribution in [3.05, 3.63) is 64.8 Å². The molecule has 0 spiro atoms. The number of pyridine rings is 1. The first-order chi connectivity index (χ1) is 18.7. The molecule has 1 aromatic heterocycles. The van der Waals surface area contributed by atoms with Crippen LogP contribution in [0.5, 0.6) is 0 Å². The highest BCUT2D eigenvalue weighted by Gasteiger charge is 2.36. The molecule has 0 fully saturated rings. The fraction of sp³-hybridized carbons (Fsp3) is 0.259. The molecule has 3 aromatic rings. The maximum atomic E-state index is 15.6. The van der Waals surface area contributed by atoms with Crippen LogP contribution < -0.4 is 25.8 Å². The standard InChI is InChI=1S/C27H26ClF2N7O2/c1-3-36-26-21(11-18(28)15-35-26)20-5-4-17(14-31)10-24(20)37(27(36)39)25-22(29)12-19(13-23(25)30)34-9-7-32-6-8-33-16(2)38/h4-5,10-13,15,32,34H,3,6-9H2,1-2H3,(H,33,38). The molecule has 12 heteroatoms. The summed E-state index contributed by atoms with van der Waals surface area (Å²) < 4.78 is 31.2. The van der Waals surface area contributed by atoms with Crippen LogP contribution >= 0.6 is 11.6 Å². The second kappa shape index (κ2) is 12.1. The number of rotatable bonds is 9. The van der Waals surface area contributed by atoms with E-state index < -0.39 is 23.4 Å². The van der Waals surface area contributed by atoms with Crippen molar-refractivity contribution in [1.29, 1.82) is 5.26 Å². The summed E-state index contributed by atoms with van der Waals surface area (Å²) in [7, 11) is 0. The number of urea groups is 1. The lowest BCUT2D eigenvalue weighted by Gasteiger charge is -2.28. The molecule has 9 nitrogen and oxygen atoms in total. The second-order valence-corrected chi connectivity index (χ2v) is 9.12. The van der Waals surface area contributed by atoms with Gasteiger partial charge in [-0.3, -0.25) is 14.6 Å². The van der Waals surface area contributed by atoms with E-state index in [0.717, 1.165) is 17.0 Å². The zero-order valence-electron chi connectivity index (χ0n) is 21.3. The van der Waals surface area contributed by atoms with Crippen LogP contribution in [0.3, 0.4) is 0 Å². The number of nitrogens with one attached hydrogen (secondary N) is 3. The van der Waals surface area contributed by atoms with Gasteiger partial charge in [0, 0.05) is 62.7 Å². The number of halogens is 3. The average molecular weight is 554 g/mol. The van der Waals surface area contributed by atoms with E-state index in [9.17, 15) is 14.9 Å². The lowest BCUT2D eigenvalue weighted by molar-refractivity contribution is -0.118. The molecule has 0 radical (unpaired) electrons. The van der Waals surface area contributed by atoms with Gasteiger partial charge in [0.1, 0.15) is 11.5 Å². The number of amides is 3. The summed E-state index contributed by atoms with van der Waals surface area (Å²) in [5.41, 5.74) is 0.877. The van der Waals surface area contributed by atoms with Crippen molar-refractivity contribution in [1.82, 2.24) is 15.6 Å². The van der Waals surface area contributed by atoms with Gasteiger partial charge in [0.25, 0.3) is 0 Å². The van der Waals surface area contributed by atoms with Crippen molar-refractivity contribution in [2.24, 2.45) is 0 Å². The molecule has 0 unspecified atom stereocenters. The predicted octanol–water partition coefficient (Wildman–Crippen LogP) is 4.79. The zero-order valence-corrected chi connectivity index (χ0v) is 22.1. The Bertz CT molecular complexity index is 1440. The molecule has 39 heavy (non-hydrogen) atoms. The first-order valence-corrected chi connectivity index (χ1v) is 12.6. The highest BCUT2D eigenvalue weighted by Crippen LogP contribution is 2.45. The summed E-state index contributed by atoms with van der Waals surface area (Å²) in [6.07, 6.45) is 1.39. The minimum Gasteiger partial charge on any atom is -0.384 e.